The minimum Gasteiger partial charge on any atom is -0.300 e. The van der Waals surface area contributed by atoms with E-state index in [4.69, 9.17) is 23.2 Å². The first-order chi connectivity index (χ1) is 14.9. The van der Waals surface area contributed by atoms with Gasteiger partial charge in [0, 0.05) is 24.6 Å². The highest BCUT2D eigenvalue weighted by atomic mass is 35.5. The molecule has 1 fully saturated rings. The van der Waals surface area contributed by atoms with E-state index in [1.54, 1.807) is 6.07 Å². The molecular formula is C20H18Cl2N4O3S2. The smallest absolute Gasteiger partial charge is 0.246 e. The number of anilines is 1. The number of nitrogens with zero attached hydrogens (tertiary/aromatic N) is 3. The number of carbonyl (C=O) groups is 1. The first-order valence-electron chi connectivity index (χ1n) is 9.50. The zero-order chi connectivity index (χ0) is 22.0. The fraction of sp³-hybridized carbons (Fsp3) is 0.250. The SMILES string of the molecule is O=C(Nc1nnc(-c2ccccc2)s1)C1CCN(S(=O)(=O)c2c(Cl)cccc2Cl)CC1. The van der Waals surface area contributed by atoms with Crippen molar-refractivity contribution in [3.63, 3.8) is 0 Å². The molecule has 1 aliphatic rings. The normalized spacial score (nSPS) is 15.7. The molecule has 4 rings (SSSR count). The number of aromatic nitrogens is 2. The lowest BCUT2D eigenvalue weighted by molar-refractivity contribution is -0.120. The van der Waals surface area contributed by atoms with E-state index in [0.717, 1.165) is 5.56 Å². The van der Waals surface area contributed by atoms with Crippen LogP contribution in [0.3, 0.4) is 0 Å². The maximum Gasteiger partial charge on any atom is 0.246 e. The minimum atomic E-state index is -3.84. The fourth-order valence-electron chi connectivity index (χ4n) is 3.39. The van der Waals surface area contributed by atoms with Crippen LogP contribution in [0.5, 0.6) is 0 Å². The van der Waals surface area contributed by atoms with E-state index in [2.05, 4.69) is 15.5 Å². The molecule has 1 saturated heterocycles. The minimum absolute atomic E-state index is 0.0813. The Labute approximate surface area is 194 Å². The molecule has 11 heteroatoms. The number of hydrogen-bond donors (Lipinski definition) is 1. The van der Waals surface area contributed by atoms with E-state index in [0.29, 0.717) is 23.0 Å². The van der Waals surface area contributed by atoms with Crippen LogP contribution in [-0.4, -0.2) is 41.9 Å². The van der Waals surface area contributed by atoms with Crippen LogP contribution in [0, 0.1) is 5.92 Å². The molecule has 1 amide bonds. The van der Waals surface area contributed by atoms with Gasteiger partial charge in [0.25, 0.3) is 0 Å². The third kappa shape index (κ3) is 4.75. The Bertz CT molecular complexity index is 1170. The van der Waals surface area contributed by atoms with Gasteiger partial charge in [-0.05, 0) is 25.0 Å². The summed E-state index contributed by atoms with van der Waals surface area (Å²) in [5.74, 6) is -0.513. The lowest BCUT2D eigenvalue weighted by atomic mass is 9.97. The van der Waals surface area contributed by atoms with Crippen molar-refractivity contribution in [2.24, 2.45) is 5.92 Å². The van der Waals surface area contributed by atoms with Gasteiger partial charge in [-0.15, -0.1) is 10.2 Å². The standard InChI is InChI=1S/C20H18Cl2N4O3S2/c21-15-7-4-8-16(22)17(15)31(28,29)26-11-9-13(10-12-26)18(27)23-20-25-24-19(30-20)14-5-2-1-3-6-14/h1-8,13H,9-12H2,(H,23,25,27). The summed E-state index contributed by atoms with van der Waals surface area (Å²) in [4.78, 5) is 12.6. The van der Waals surface area contributed by atoms with E-state index in [1.165, 1.54) is 27.8 Å². The first kappa shape index (κ1) is 22.2. The van der Waals surface area contributed by atoms with Crippen LogP contribution in [0.4, 0.5) is 5.13 Å². The van der Waals surface area contributed by atoms with E-state index < -0.39 is 10.0 Å². The summed E-state index contributed by atoms with van der Waals surface area (Å²) >= 11 is 13.5. The number of carbonyl (C=O) groups excluding carboxylic acids is 1. The molecule has 0 spiro atoms. The third-order valence-corrected chi connectivity index (χ3v) is 8.76. The summed E-state index contributed by atoms with van der Waals surface area (Å²) in [6, 6.07) is 14.2. The van der Waals surface area contributed by atoms with Crippen molar-refractivity contribution in [2.75, 3.05) is 18.4 Å². The summed E-state index contributed by atoms with van der Waals surface area (Å²) in [5.41, 5.74) is 0.928. The molecule has 1 N–H and O–H groups in total. The van der Waals surface area contributed by atoms with Crippen molar-refractivity contribution in [1.29, 1.82) is 0 Å². The van der Waals surface area contributed by atoms with E-state index >= 15 is 0 Å². The van der Waals surface area contributed by atoms with Crippen LogP contribution in [0.15, 0.2) is 53.4 Å². The molecule has 162 valence electrons. The Morgan fingerprint density at radius 2 is 1.65 bits per heavy atom. The van der Waals surface area contributed by atoms with Gasteiger partial charge in [-0.2, -0.15) is 4.31 Å². The highest BCUT2D eigenvalue weighted by Gasteiger charge is 2.34. The van der Waals surface area contributed by atoms with Gasteiger partial charge < -0.3 is 5.32 Å². The average Bonchev–Trinajstić information content (AvgIpc) is 3.22. The number of nitrogens with one attached hydrogen (secondary N) is 1. The molecule has 0 aliphatic carbocycles. The van der Waals surface area contributed by atoms with Crippen molar-refractivity contribution in [3.8, 4) is 10.6 Å². The topological polar surface area (TPSA) is 92.3 Å². The number of amides is 1. The number of piperidine rings is 1. The predicted octanol–water partition coefficient (Wildman–Crippen LogP) is 4.55. The van der Waals surface area contributed by atoms with Gasteiger partial charge in [0.05, 0.1) is 10.0 Å². The van der Waals surface area contributed by atoms with Gasteiger partial charge in [-0.3, -0.25) is 4.79 Å². The second-order valence-corrected chi connectivity index (χ2v) is 10.7. The summed E-state index contributed by atoms with van der Waals surface area (Å²) in [6.07, 6.45) is 0.773. The largest absolute Gasteiger partial charge is 0.300 e. The van der Waals surface area contributed by atoms with Gasteiger partial charge >= 0.3 is 0 Å². The second-order valence-electron chi connectivity index (χ2n) is 7.00. The zero-order valence-corrected chi connectivity index (χ0v) is 19.3. The molecule has 0 radical (unpaired) electrons. The maximum atomic E-state index is 13.0. The van der Waals surface area contributed by atoms with Gasteiger partial charge in [-0.25, -0.2) is 8.42 Å². The fourth-order valence-corrected chi connectivity index (χ4v) is 6.71. The van der Waals surface area contributed by atoms with E-state index in [-0.39, 0.29) is 39.9 Å². The molecule has 0 unspecified atom stereocenters. The molecule has 3 aromatic rings. The molecule has 31 heavy (non-hydrogen) atoms. The summed E-state index contributed by atoms with van der Waals surface area (Å²) in [5, 5.41) is 12.3. The van der Waals surface area contributed by atoms with E-state index in [9.17, 15) is 13.2 Å². The molecule has 2 aromatic carbocycles. The highest BCUT2D eigenvalue weighted by Crippen LogP contribution is 2.34. The number of halogens is 2. The molecule has 0 saturated carbocycles. The lowest BCUT2D eigenvalue weighted by Crippen LogP contribution is -2.41. The Hall–Kier alpha value is -2.04. The molecular weight excluding hydrogens is 479 g/mol. The van der Waals surface area contributed by atoms with Crippen LogP contribution in [0.1, 0.15) is 12.8 Å². The van der Waals surface area contributed by atoms with Gasteiger partial charge in [-0.1, -0.05) is 70.9 Å². The van der Waals surface area contributed by atoms with Crippen molar-refractivity contribution >= 4 is 55.6 Å². The molecule has 2 heterocycles. The first-order valence-corrected chi connectivity index (χ1v) is 12.5. The van der Waals surface area contributed by atoms with Crippen molar-refractivity contribution < 1.29 is 13.2 Å². The number of hydrogen-bond acceptors (Lipinski definition) is 6. The summed E-state index contributed by atoms with van der Waals surface area (Å²) in [7, 11) is -3.84. The molecule has 7 nitrogen and oxygen atoms in total. The molecule has 0 atom stereocenters. The summed E-state index contributed by atoms with van der Waals surface area (Å²) in [6.45, 7) is 0.403. The van der Waals surface area contributed by atoms with Crippen molar-refractivity contribution in [2.45, 2.75) is 17.7 Å². The highest BCUT2D eigenvalue weighted by molar-refractivity contribution is 7.89. The van der Waals surface area contributed by atoms with Crippen molar-refractivity contribution in [1.82, 2.24) is 14.5 Å². The molecule has 1 aliphatic heterocycles. The van der Waals surface area contributed by atoms with Crippen LogP contribution in [-0.2, 0) is 14.8 Å². The number of rotatable bonds is 5. The Kier molecular flexibility index (Phi) is 6.59. The predicted molar refractivity (Wildman–Crippen MR) is 122 cm³/mol. The lowest BCUT2D eigenvalue weighted by Gasteiger charge is -2.30. The van der Waals surface area contributed by atoms with Crippen LogP contribution in [0.2, 0.25) is 10.0 Å². The van der Waals surface area contributed by atoms with E-state index in [1.807, 2.05) is 30.3 Å². The monoisotopic (exact) mass is 496 g/mol. The molecule has 0 bridgehead atoms. The van der Waals surface area contributed by atoms with Gasteiger partial charge in [0.15, 0.2) is 0 Å². The Morgan fingerprint density at radius 1 is 1.00 bits per heavy atom. The maximum absolute atomic E-state index is 13.0. The average molecular weight is 497 g/mol. The number of sulfonamides is 1. The van der Waals surface area contributed by atoms with Crippen molar-refractivity contribution in [3.05, 3.63) is 58.6 Å². The van der Waals surface area contributed by atoms with Crippen LogP contribution in [0.25, 0.3) is 10.6 Å². The summed E-state index contributed by atoms with van der Waals surface area (Å²) < 4.78 is 27.3. The Morgan fingerprint density at radius 3 is 2.29 bits per heavy atom. The quantitative estimate of drug-likeness (QED) is 0.559. The molecule has 1 aromatic heterocycles. The zero-order valence-electron chi connectivity index (χ0n) is 16.2. The van der Waals surface area contributed by atoms with Crippen LogP contribution < -0.4 is 5.32 Å². The Balaban J connectivity index is 1.39. The third-order valence-electron chi connectivity index (χ3n) is 5.02. The number of benzene rings is 2. The van der Waals surface area contributed by atoms with Crippen LogP contribution >= 0.6 is 34.5 Å². The van der Waals surface area contributed by atoms with Gasteiger partial charge in [0.1, 0.15) is 9.90 Å². The second kappa shape index (κ2) is 9.22. The van der Waals surface area contributed by atoms with Gasteiger partial charge in [0.2, 0.25) is 21.1 Å².